The van der Waals surface area contributed by atoms with Crippen LogP contribution in [0.1, 0.15) is 12.5 Å². The molecule has 182 valence electrons. The van der Waals surface area contributed by atoms with Crippen LogP contribution in [0, 0.1) is 10.1 Å². The van der Waals surface area contributed by atoms with Crippen molar-refractivity contribution in [1.82, 2.24) is 20.2 Å². The Hall–Kier alpha value is -4.19. The second-order valence-electron chi connectivity index (χ2n) is 7.34. The Bertz CT molecular complexity index is 1260. The van der Waals surface area contributed by atoms with Crippen LogP contribution in [-0.4, -0.2) is 51.8 Å². The number of aromatic nitrogens is 3. The predicted molar refractivity (Wildman–Crippen MR) is 133 cm³/mol. The van der Waals surface area contributed by atoms with Gasteiger partial charge in [-0.25, -0.2) is 5.43 Å². The molecule has 0 aliphatic rings. The number of carbonyl (C=O) groups is 1. The van der Waals surface area contributed by atoms with Gasteiger partial charge < -0.3 is 9.47 Å². The van der Waals surface area contributed by atoms with E-state index in [0.717, 1.165) is 5.57 Å². The molecule has 0 saturated heterocycles. The second-order valence-corrected chi connectivity index (χ2v) is 8.29. The third-order valence-electron chi connectivity index (χ3n) is 4.64. The number of carbonyl (C=O) groups excluding carboxylic acids is 1. The number of hydrogen-bond donors (Lipinski definition) is 1. The summed E-state index contributed by atoms with van der Waals surface area (Å²) < 4.78 is 12.3. The maximum atomic E-state index is 12.4. The number of nitro groups is 1. The van der Waals surface area contributed by atoms with Crippen molar-refractivity contribution < 1.29 is 19.2 Å². The lowest BCUT2D eigenvalue weighted by molar-refractivity contribution is -0.384. The molecule has 3 aromatic rings. The van der Waals surface area contributed by atoms with Crippen LogP contribution in [-0.2, 0) is 11.3 Å². The molecule has 0 aliphatic heterocycles. The van der Waals surface area contributed by atoms with Crippen molar-refractivity contribution in [1.29, 1.82) is 0 Å². The van der Waals surface area contributed by atoms with E-state index in [1.54, 1.807) is 44.6 Å². The van der Waals surface area contributed by atoms with Gasteiger partial charge in [0.25, 0.3) is 11.6 Å². The highest BCUT2D eigenvalue weighted by molar-refractivity contribution is 7.99. The molecule has 3 rings (SSSR count). The van der Waals surface area contributed by atoms with Gasteiger partial charge >= 0.3 is 0 Å². The normalized spacial score (nSPS) is 10.8. The summed E-state index contributed by atoms with van der Waals surface area (Å²) in [6.45, 7) is 6.23. The third kappa shape index (κ3) is 6.67. The highest BCUT2D eigenvalue weighted by atomic mass is 32.2. The number of non-ortho nitro benzene ring substituents is 1. The molecule has 1 amide bonds. The van der Waals surface area contributed by atoms with Gasteiger partial charge in [0.1, 0.15) is 11.5 Å². The highest BCUT2D eigenvalue weighted by Crippen LogP contribution is 2.26. The molecule has 1 N–H and O–H groups in total. The van der Waals surface area contributed by atoms with E-state index in [4.69, 9.17) is 9.47 Å². The highest BCUT2D eigenvalue weighted by Gasteiger charge is 2.17. The summed E-state index contributed by atoms with van der Waals surface area (Å²) in [6.07, 6.45) is 1.47. The van der Waals surface area contributed by atoms with Gasteiger partial charge in [0, 0.05) is 29.8 Å². The Kier molecular flexibility index (Phi) is 8.57. The number of rotatable bonds is 11. The lowest BCUT2D eigenvalue weighted by atomic mass is 10.2. The number of nitrogens with zero attached hydrogens (tertiary/aromatic N) is 5. The number of amides is 1. The second kappa shape index (κ2) is 11.8. The van der Waals surface area contributed by atoms with Crippen molar-refractivity contribution >= 4 is 29.6 Å². The summed E-state index contributed by atoms with van der Waals surface area (Å²) in [6, 6.07) is 11.3. The number of allylic oxidation sites excluding steroid dienone is 1. The summed E-state index contributed by atoms with van der Waals surface area (Å²) in [5.41, 5.74) is 4.63. The molecule has 1 heterocycles. The first kappa shape index (κ1) is 25.4. The smallest absolute Gasteiger partial charge is 0.269 e. The molecule has 35 heavy (non-hydrogen) atoms. The van der Waals surface area contributed by atoms with E-state index in [1.165, 1.54) is 30.1 Å². The molecule has 0 unspecified atom stereocenters. The van der Waals surface area contributed by atoms with Gasteiger partial charge in [-0.15, -0.1) is 10.2 Å². The molecule has 0 aliphatic carbocycles. The number of hydrogen-bond acceptors (Lipinski definition) is 9. The van der Waals surface area contributed by atoms with Crippen molar-refractivity contribution in [2.45, 2.75) is 18.6 Å². The fraction of sp³-hybridized carbons (Fsp3) is 0.217. The van der Waals surface area contributed by atoms with Crippen LogP contribution in [0.25, 0.3) is 11.4 Å². The van der Waals surface area contributed by atoms with Crippen LogP contribution in [0.4, 0.5) is 5.69 Å². The lowest BCUT2D eigenvalue weighted by Crippen LogP contribution is -2.20. The van der Waals surface area contributed by atoms with Crippen molar-refractivity contribution in [2.75, 3.05) is 20.0 Å². The Labute approximate surface area is 206 Å². The molecule has 11 nitrogen and oxygen atoms in total. The monoisotopic (exact) mass is 496 g/mol. The minimum atomic E-state index is -0.463. The molecule has 1 aromatic heterocycles. The first-order valence-corrected chi connectivity index (χ1v) is 11.3. The summed E-state index contributed by atoms with van der Waals surface area (Å²) in [4.78, 5) is 22.8. The van der Waals surface area contributed by atoms with Crippen molar-refractivity contribution in [2.24, 2.45) is 5.10 Å². The summed E-state index contributed by atoms with van der Waals surface area (Å²) in [7, 11) is 3.10. The minimum Gasteiger partial charge on any atom is -0.497 e. The average molecular weight is 497 g/mol. The molecule has 0 fully saturated rings. The minimum absolute atomic E-state index is 0.0156. The molecule has 0 atom stereocenters. The zero-order chi connectivity index (χ0) is 25.4. The first-order chi connectivity index (χ1) is 16.8. The van der Waals surface area contributed by atoms with Gasteiger partial charge in [-0.3, -0.25) is 19.5 Å². The maximum Gasteiger partial charge on any atom is 0.269 e. The first-order valence-electron chi connectivity index (χ1n) is 10.3. The number of benzene rings is 2. The van der Waals surface area contributed by atoms with Gasteiger partial charge in [-0.2, -0.15) is 5.10 Å². The Morgan fingerprint density at radius 2 is 1.97 bits per heavy atom. The van der Waals surface area contributed by atoms with Crippen molar-refractivity contribution in [3.63, 3.8) is 0 Å². The number of hydrazone groups is 1. The summed E-state index contributed by atoms with van der Waals surface area (Å²) in [5.74, 6) is 1.45. The van der Waals surface area contributed by atoms with Crippen LogP contribution in [0.5, 0.6) is 11.5 Å². The number of ether oxygens (including phenoxy) is 2. The largest absolute Gasteiger partial charge is 0.497 e. The van der Waals surface area contributed by atoms with Crippen LogP contribution in [0.2, 0.25) is 0 Å². The van der Waals surface area contributed by atoms with Crippen LogP contribution < -0.4 is 14.9 Å². The third-order valence-corrected chi connectivity index (χ3v) is 5.61. The predicted octanol–water partition coefficient (Wildman–Crippen LogP) is 3.69. The summed E-state index contributed by atoms with van der Waals surface area (Å²) in [5, 5.41) is 23.9. The van der Waals surface area contributed by atoms with Gasteiger partial charge in [0.05, 0.1) is 31.1 Å². The molecular formula is C23H24N6O5S. The Morgan fingerprint density at radius 3 is 2.60 bits per heavy atom. The quantitative estimate of drug-likeness (QED) is 0.140. The number of nitrogens with one attached hydrogen (secondary N) is 1. The Morgan fingerprint density at radius 1 is 1.23 bits per heavy atom. The molecule has 2 aromatic carbocycles. The molecular weight excluding hydrogens is 472 g/mol. The van der Waals surface area contributed by atoms with E-state index in [0.29, 0.717) is 40.2 Å². The Balaban J connectivity index is 1.69. The van der Waals surface area contributed by atoms with Gasteiger partial charge in [0.15, 0.2) is 11.0 Å². The van der Waals surface area contributed by atoms with Crippen LogP contribution in [0.15, 0.2) is 64.9 Å². The molecule has 0 radical (unpaired) electrons. The number of nitro benzene ring substituents is 1. The van der Waals surface area contributed by atoms with E-state index >= 15 is 0 Å². The number of methoxy groups -OCH3 is 2. The van der Waals surface area contributed by atoms with Crippen LogP contribution in [0.3, 0.4) is 0 Å². The molecule has 12 heteroatoms. The zero-order valence-electron chi connectivity index (χ0n) is 19.4. The van der Waals surface area contributed by atoms with E-state index in [9.17, 15) is 14.9 Å². The van der Waals surface area contributed by atoms with Crippen molar-refractivity contribution in [3.05, 3.63) is 70.3 Å². The SMILES string of the molecule is C=C(C)Cn1c(SCC(=O)NN=Cc2cc(OC)ccc2OC)nnc1-c1ccc([N+](=O)[O-])cc1. The fourth-order valence-corrected chi connectivity index (χ4v) is 3.76. The van der Waals surface area contributed by atoms with E-state index in [2.05, 4.69) is 27.3 Å². The van der Waals surface area contributed by atoms with E-state index in [-0.39, 0.29) is 17.3 Å². The molecule has 0 bridgehead atoms. The topological polar surface area (TPSA) is 134 Å². The lowest BCUT2D eigenvalue weighted by Gasteiger charge is -2.10. The van der Waals surface area contributed by atoms with E-state index in [1.807, 2.05) is 11.5 Å². The zero-order valence-corrected chi connectivity index (χ0v) is 20.2. The van der Waals surface area contributed by atoms with E-state index < -0.39 is 4.92 Å². The number of thioether (sulfide) groups is 1. The fourth-order valence-electron chi connectivity index (χ4n) is 3.03. The molecule has 0 spiro atoms. The molecule has 0 saturated carbocycles. The average Bonchev–Trinajstić information content (AvgIpc) is 3.24. The van der Waals surface area contributed by atoms with Gasteiger partial charge in [0.2, 0.25) is 0 Å². The van der Waals surface area contributed by atoms with Gasteiger partial charge in [-0.1, -0.05) is 23.9 Å². The van der Waals surface area contributed by atoms with Gasteiger partial charge in [-0.05, 0) is 37.3 Å². The van der Waals surface area contributed by atoms with Crippen LogP contribution >= 0.6 is 11.8 Å². The summed E-state index contributed by atoms with van der Waals surface area (Å²) >= 11 is 1.19. The maximum absolute atomic E-state index is 12.4. The van der Waals surface area contributed by atoms with Crippen molar-refractivity contribution in [3.8, 4) is 22.9 Å². The standard InChI is InChI=1S/C23H24N6O5S/c1-15(2)13-28-22(16-5-7-18(8-6-16)29(31)32)26-27-23(28)35-14-21(30)25-24-12-17-11-19(33-3)9-10-20(17)34-4/h5-12H,1,13-14H2,2-4H3,(H,25,30).